The van der Waals surface area contributed by atoms with Crippen LogP contribution in [0.3, 0.4) is 0 Å². The first-order valence-corrected chi connectivity index (χ1v) is 9.54. The molecule has 2 aromatic heterocycles. The van der Waals surface area contributed by atoms with Crippen molar-refractivity contribution in [1.29, 1.82) is 0 Å². The lowest BCUT2D eigenvalue weighted by Gasteiger charge is -2.23. The summed E-state index contributed by atoms with van der Waals surface area (Å²) in [6.07, 6.45) is 3.67. The highest BCUT2D eigenvalue weighted by Crippen LogP contribution is 2.35. The van der Waals surface area contributed by atoms with Gasteiger partial charge in [0, 0.05) is 24.0 Å². The van der Waals surface area contributed by atoms with Crippen molar-refractivity contribution in [3.05, 3.63) is 52.7 Å². The van der Waals surface area contributed by atoms with Crippen LogP contribution in [0.25, 0.3) is 11.4 Å². The Labute approximate surface area is 163 Å². The average molecular weight is 378 g/mol. The first kappa shape index (κ1) is 17.2. The lowest BCUT2D eigenvalue weighted by molar-refractivity contribution is 0.230. The van der Waals surface area contributed by atoms with Gasteiger partial charge < -0.3 is 19.3 Å². The van der Waals surface area contributed by atoms with Crippen LogP contribution in [0.1, 0.15) is 34.2 Å². The molecule has 28 heavy (non-hydrogen) atoms. The molecule has 0 unspecified atom stereocenters. The predicted octanol–water partition coefficient (Wildman–Crippen LogP) is 2.81. The summed E-state index contributed by atoms with van der Waals surface area (Å²) in [5, 5.41) is 7.68. The molecule has 1 atom stereocenters. The van der Waals surface area contributed by atoms with Gasteiger partial charge in [-0.1, -0.05) is 5.16 Å². The van der Waals surface area contributed by atoms with Crippen molar-refractivity contribution in [1.82, 2.24) is 20.4 Å². The highest BCUT2D eigenvalue weighted by molar-refractivity contribution is 5.64. The van der Waals surface area contributed by atoms with Crippen LogP contribution in [0.4, 0.5) is 0 Å². The third-order valence-electron chi connectivity index (χ3n) is 5.52. The zero-order chi connectivity index (χ0) is 19.1. The Kier molecular flexibility index (Phi) is 4.24. The molecule has 0 bridgehead atoms. The van der Waals surface area contributed by atoms with Crippen LogP contribution in [-0.4, -0.2) is 35.4 Å². The van der Waals surface area contributed by atoms with Crippen molar-refractivity contribution >= 4 is 0 Å². The van der Waals surface area contributed by atoms with Crippen molar-refractivity contribution in [2.24, 2.45) is 0 Å². The molecule has 0 radical (unpaired) electrons. The largest absolute Gasteiger partial charge is 0.497 e. The second kappa shape index (κ2) is 6.91. The highest BCUT2D eigenvalue weighted by Gasteiger charge is 2.28. The molecule has 7 heteroatoms. The molecule has 4 heterocycles. The van der Waals surface area contributed by atoms with Crippen LogP contribution < -0.4 is 14.8 Å². The van der Waals surface area contributed by atoms with E-state index in [1.54, 1.807) is 7.11 Å². The fourth-order valence-electron chi connectivity index (χ4n) is 4.03. The third-order valence-corrected chi connectivity index (χ3v) is 5.52. The Hall–Kier alpha value is -2.93. The Balaban J connectivity index is 1.46. The Morgan fingerprint density at radius 2 is 2.18 bits per heavy atom. The van der Waals surface area contributed by atoms with Gasteiger partial charge in [0.1, 0.15) is 18.1 Å². The van der Waals surface area contributed by atoms with Gasteiger partial charge in [-0.2, -0.15) is 4.98 Å². The number of methoxy groups -OCH3 is 1. The summed E-state index contributed by atoms with van der Waals surface area (Å²) in [6.45, 7) is 4.30. The van der Waals surface area contributed by atoms with Crippen LogP contribution >= 0.6 is 0 Å². The molecular weight excluding hydrogens is 356 g/mol. The summed E-state index contributed by atoms with van der Waals surface area (Å²) in [7, 11) is 1.67. The first-order chi connectivity index (χ1) is 13.7. The maximum absolute atomic E-state index is 5.92. The van der Waals surface area contributed by atoms with Gasteiger partial charge in [-0.05, 0) is 61.2 Å². The zero-order valence-corrected chi connectivity index (χ0v) is 16.0. The van der Waals surface area contributed by atoms with Crippen molar-refractivity contribution in [3.8, 4) is 22.9 Å². The van der Waals surface area contributed by atoms with Gasteiger partial charge in [0.2, 0.25) is 11.7 Å². The minimum absolute atomic E-state index is 0.0235. The predicted molar refractivity (Wildman–Crippen MR) is 103 cm³/mol. The number of nitrogens with zero attached hydrogens (tertiary/aromatic N) is 3. The van der Waals surface area contributed by atoms with E-state index >= 15 is 0 Å². The molecule has 1 aromatic carbocycles. The number of hydrogen-bond acceptors (Lipinski definition) is 7. The molecule has 0 saturated carbocycles. The molecule has 2 aliphatic heterocycles. The molecule has 0 aliphatic carbocycles. The number of hydrogen-bond donors (Lipinski definition) is 1. The summed E-state index contributed by atoms with van der Waals surface area (Å²) in [5.74, 6) is 2.96. The van der Waals surface area contributed by atoms with E-state index in [0.717, 1.165) is 54.3 Å². The quantitative estimate of drug-likeness (QED) is 0.750. The summed E-state index contributed by atoms with van der Waals surface area (Å²) in [5.41, 5.74) is 5.51. The van der Waals surface area contributed by atoms with Gasteiger partial charge in [0.05, 0.1) is 13.0 Å². The number of ether oxygens (including phenoxy) is 2. The number of benzene rings is 1. The second-order valence-electron chi connectivity index (χ2n) is 7.29. The summed E-state index contributed by atoms with van der Waals surface area (Å²) < 4.78 is 16.9. The van der Waals surface area contributed by atoms with Gasteiger partial charge in [-0.15, -0.1) is 0 Å². The fourth-order valence-corrected chi connectivity index (χ4v) is 4.03. The summed E-state index contributed by atoms with van der Waals surface area (Å²) in [6, 6.07) is 5.86. The Morgan fingerprint density at radius 1 is 1.25 bits per heavy atom. The van der Waals surface area contributed by atoms with Gasteiger partial charge in [-0.25, -0.2) is 0 Å². The lowest BCUT2D eigenvalue weighted by Crippen LogP contribution is -2.25. The molecule has 0 saturated heterocycles. The van der Waals surface area contributed by atoms with E-state index in [1.165, 1.54) is 11.1 Å². The summed E-state index contributed by atoms with van der Waals surface area (Å²) in [4.78, 5) is 9.28. The maximum Gasteiger partial charge on any atom is 0.233 e. The molecule has 0 fully saturated rings. The van der Waals surface area contributed by atoms with E-state index in [2.05, 4.69) is 15.5 Å². The zero-order valence-electron chi connectivity index (χ0n) is 16.0. The number of aryl methyl sites for hydroxylation is 1. The first-order valence-electron chi connectivity index (χ1n) is 9.54. The summed E-state index contributed by atoms with van der Waals surface area (Å²) >= 11 is 0. The minimum atomic E-state index is 0.0235. The molecule has 144 valence electrons. The standard InChI is InChI=1S/C21H22N4O3/c1-12-19(17-5-6-22-9-15(17)10-23-12)20-24-21(28-25-20)14-7-13-8-16(26-2)3-4-18(13)27-11-14/h3-4,8,10,14,22H,5-7,9,11H2,1-2H3/t14-/m0/s1. The average Bonchev–Trinajstić information content (AvgIpc) is 3.22. The van der Waals surface area contributed by atoms with Crippen molar-refractivity contribution in [2.75, 3.05) is 20.3 Å². The van der Waals surface area contributed by atoms with Crippen molar-refractivity contribution in [3.63, 3.8) is 0 Å². The SMILES string of the molecule is COc1ccc2c(c1)C[C@H](c1nc(-c3c(C)ncc4c3CCNC4)no1)CO2. The number of nitrogens with one attached hydrogen (secondary N) is 1. The number of rotatable bonds is 3. The number of fused-ring (bicyclic) bond motifs is 2. The van der Waals surface area contributed by atoms with Crippen LogP contribution in [0.15, 0.2) is 28.9 Å². The van der Waals surface area contributed by atoms with Gasteiger partial charge >= 0.3 is 0 Å². The molecule has 2 aliphatic rings. The van der Waals surface area contributed by atoms with Gasteiger partial charge in [0.25, 0.3) is 0 Å². The smallest absolute Gasteiger partial charge is 0.233 e. The van der Waals surface area contributed by atoms with E-state index in [4.69, 9.17) is 19.0 Å². The molecule has 0 spiro atoms. The molecule has 5 rings (SSSR count). The maximum atomic E-state index is 5.92. The molecule has 0 amide bonds. The van der Waals surface area contributed by atoms with E-state index in [1.807, 2.05) is 31.3 Å². The van der Waals surface area contributed by atoms with Gasteiger partial charge in [-0.3, -0.25) is 4.98 Å². The van der Waals surface area contributed by atoms with Crippen LogP contribution in [0.5, 0.6) is 11.5 Å². The third kappa shape index (κ3) is 2.92. The monoisotopic (exact) mass is 378 g/mol. The second-order valence-corrected chi connectivity index (χ2v) is 7.29. The van der Waals surface area contributed by atoms with E-state index in [-0.39, 0.29) is 5.92 Å². The molecule has 1 N–H and O–H groups in total. The van der Waals surface area contributed by atoms with E-state index < -0.39 is 0 Å². The van der Waals surface area contributed by atoms with Crippen LogP contribution in [0.2, 0.25) is 0 Å². The Morgan fingerprint density at radius 3 is 3.07 bits per heavy atom. The molecule has 3 aromatic rings. The molecule has 7 nitrogen and oxygen atoms in total. The minimum Gasteiger partial charge on any atom is -0.497 e. The topological polar surface area (TPSA) is 82.3 Å². The van der Waals surface area contributed by atoms with Crippen molar-refractivity contribution in [2.45, 2.75) is 32.2 Å². The van der Waals surface area contributed by atoms with Crippen LogP contribution in [0, 0.1) is 6.92 Å². The number of aromatic nitrogens is 3. The number of pyridine rings is 1. The normalized spacial score (nSPS) is 18.1. The van der Waals surface area contributed by atoms with E-state index in [0.29, 0.717) is 18.3 Å². The Bertz CT molecular complexity index is 1030. The van der Waals surface area contributed by atoms with Crippen LogP contribution in [-0.2, 0) is 19.4 Å². The fraction of sp³-hybridized carbons (Fsp3) is 0.381. The van der Waals surface area contributed by atoms with Gasteiger partial charge in [0.15, 0.2) is 0 Å². The molecular formula is C21H22N4O3. The van der Waals surface area contributed by atoms with Crippen molar-refractivity contribution < 1.29 is 14.0 Å². The lowest BCUT2D eigenvalue weighted by atomic mass is 9.95. The van der Waals surface area contributed by atoms with E-state index in [9.17, 15) is 0 Å². The highest BCUT2D eigenvalue weighted by atomic mass is 16.5.